The molecule has 18 heavy (non-hydrogen) atoms. The van der Waals surface area contributed by atoms with E-state index in [0.29, 0.717) is 31.7 Å². The fraction of sp³-hybridized carbons (Fsp3) is 0.500. The zero-order valence-electron chi connectivity index (χ0n) is 10.6. The number of carbonyl (C=O) groups excluding carboxylic acids is 1. The number of amides is 1. The number of nitrogens with zero attached hydrogens (tertiary/aromatic N) is 1. The molecule has 1 heterocycles. The highest BCUT2D eigenvalue weighted by Gasteiger charge is 2.26. The number of benzene rings is 1. The summed E-state index contributed by atoms with van der Waals surface area (Å²) in [5, 5.41) is 9.41. The number of para-hydroxylation sites is 1. The van der Waals surface area contributed by atoms with Gasteiger partial charge in [0.05, 0.1) is 6.10 Å². The number of ether oxygens (including phenoxy) is 1. The molecule has 1 atom stereocenters. The van der Waals surface area contributed by atoms with E-state index in [1.165, 1.54) is 0 Å². The van der Waals surface area contributed by atoms with Crippen LogP contribution in [0.4, 0.5) is 0 Å². The van der Waals surface area contributed by atoms with Crippen LogP contribution >= 0.6 is 0 Å². The smallest absolute Gasteiger partial charge is 0.263 e. The van der Waals surface area contributed by atoms with Crippen LogP contribution in [0, 0.1) is 0 Å². The lowest BCUT2D eigenvalue weighted by atomic mass is 10.1. The van der Waals surface area contributed by atoms with E-state index in [4.69, 9.17) is 4.74 Å². The van der Waals surface area contributed by atoms with Crippen LogP contribution in [0.5, 0.6) is 5.75 Å². The largest absolute Gasteiger partial charge is 0.481 e. The van der Waals surface area contributed by atoms with Gasteiger partial charge in [0.15, 0.2) is 6.10 Å². The van der Waals surface area contributed by atoms with Gasteiger partial charge < -0.3 is 14.7 Å². The molecule has 1 unspecified atom stereocenters. The van der Waals surface area contributed by atoms with Crippen molar-refractivity contribution in [2.75, 3.05) is 13.1 Å². The highest BCUT2D eigenvalue weighted by Crippen LogP contribution is 2.15. The number of rotatable bonds is 3. The van der Waals surface area contributed by atoms with E-state index in [0.717, 1.165) is 0 Å². The second-order valence-electron chi connectivity index (χ2n) is 4.63. The van der Waals surface area contributed by atoms with Crippen molar-refractivity contribution in [2.45, 2.75) is 32.0 Å². The molecule has 1 aliphatic heterocycles. The maximum absolute atomic E-state index is 12.1. The molecule has 2 rings (SSSR count). The van der Waals surface area contributed by atoms with Gasteiger partial charge in [0.1, 0.15) is 5.75 Å². The summed E-state index contributed by atoms with van der Waals surface area (Å²) >= 11 is 0. The third kappa shape index (κ3) is 3.23. The maximum atomic E-state index is 12.1. The lowest BCUT2D eigenvalue weighted by Gasteiger charge is -2.31. The summed E-state index contributed by atoms with van der Waals surface area (Å²) in [7, 11) is 0. The molecule has 0 spiro atoms. The third-order valence-electron chi connectivity index (χ3n) is 3.18. The lowest BCUT2D eigenvalue weighted by Crippen LogP contribution is -2.45. The lowest BCUT2D eigenvalue weighted by molar-refractivity contribution is -0.139. The van der Waals surface area contributed by atoms with Gasteiger partial charge in [-0.3, -0.25) is 4.79 Å². The van der Waals surface area contributed by atoms with Crippen LogP contribution in [0.25, 0.3) is 0 Å². The predicted molar refractivity (Wildman–Crippen MR) is 68.4 cm³/mol. The van der Waals surface area contributed by atoms with Crippen molar-refractivity contribution in [3.8, 4) is 5.75 Å². The second-order valence-corrected chi connectivity index (χ2v) is 4.63. The molecule has 1 saturated heterocycles. The highest BCUT2D eigenvalue weighted by molar-refractivity contribution is 5.81. The molecule has 98 valence electrons. The summed E-state index contributed by atoms with van der Waals surface area (Å²) in [6, 6.07) is 9.34. The van der Waals surface area contributed by atoms with Crippen LogP contribution in [0.15, 0.2) is 30.3 Å². The monoisotopic (exact) mass is 249 g/mol. The maximum Gasteiger partial charge on any atom is 0.263 e. The summed E-state index contributed by atoms with van der Waals surface area (Å²) in [5.74, 6) is 0.696. The van der Waals surface area contributed by atoms with E-state index in [1.807, 2.05) is 30.3 Å². The summed E-state index contributed by atoms with van der Waals surface area (Å²) < 4.78 is 5.60. The van der Waals surface area contributed by atoms with Gasteiger partial charge in [-0.05, 0) is 31.9 Å². The first-order valence-corrected chi connectivity index (χ1v) is 6.35. The Morgan fingerprint density at radius 2 is 1.94 bits per heavy atom. The van der Waals surface area contributed by atoms with Gasteiger partial charge in [-0.2, -0.15) is 0 Å². The van der Waals surface area contributed by atoms with Crippen LogP contribution in [-0.2, 0) is 4.79 Å². The number of hydrogen-bond donors (Lipinski definition) is 1. The van der Waals surface area contributed by atoms with Gasteiger partial charge in [0.25, 0.3) is 5.91 Å². The van der Waals surface area contributed by atoms with E-state index in [2.05, 4.69) is 0 Å². The van der Waals surface area contributed by atoms with Crippen molar-refractivity contribution >= 4 is 5.91 Å². The van der Waals surface area contributed by atoms with Gasteiger partial charge in [0.2, 0.25) is 0 Å². The molecular weight excluding hydrogens is 230 g/mol. The van der Waals surface area contributed by atoms with Gasteiger partial charge >= 0.3 is 0 Å². The number of likely N-dealkylation sites (tertiary alicyclic amines) is 1. The zero-order valence-corrected chi connectivity index (χ0v) is 10.6. The van der Waals surface area contributed by atoms with Crippen LogP contribution < -0.4 is 4.74 Å². The molecule has 0 aliphatic carbocycles. The molecule has 4 heteroatoms. The average Bonchev–Trinajstić information content (AvgIpc) is 2.40. The first-order valence-electron chi connectivity index (χ1n) is 6.35. The normalized spacial score (nSPS) is 18.4. The fourth-order valence-electron chi connectivity index (χ4n) is 2.10. The molecule has 0 radical (unpaired) electrons. The molecule has 1 fully saturated rings. The van der Waals surface area contributed by atoms with Crippen molar-refractivity contribution < 1.29 is 14.6 Å². The molecule has 1 N–H and O–H groups in total. The molecule has 1 aromatic carbocycles. The minimum absolute atomic E-state index is 0.00856. The standard InChI is InChI=1S/C14H19NO3/c1-11(18-13-5-3-2-4-6-13)14(17)15-9-7-12(16)8-10-15/h2-6,11-12,16H,7-10H2,1H3. The Morgan fingerprint density at radius 3 is 2.56 bits per heavy atom. The highest BCUT2D eigenvalue weighted by atomic mass is 16.5. The van der Waals surface area contributed by atoms with Crippen LogP contribution in [0.1, 0.15) is 19.8 Å². The van der Waals surface area contributed by atoms with Gasteiger partial charge in [-0.1, -0.05) is 18.2 Å². The Balaban J connectivity index is 1.89. The Morgan fingerprint density at radius 1 is 1.33 bits per heavy atom. The van der Waals surface area contributed by atoms with Crippen molar-refractivity contribution in [2.24, 2.45) is 0 Å². The average molecular weight is 249 g/mol. The van der Waals surface area contributed by atoms with E-state index in [9.17, 15) is 9.90 Å². The molecular formula is C14H19NO3. The molecule has 0 bridgehead atoms. The molecule has 4 nitrogen and oxygen atoms in total. The Labute approximate surface area is 107 Å². The number of hydrogen-bond acceptors (Lipinski definition) is 3. The summed E-state index contributed by atoms with van der Waals surface area (Å²) in [6.07, 6.45) is 0.565. The van der Waals surface area contributed by atoms with E-state index in [-0.39, 0.29) is 12.0 Å². The van der Waals surface area contributed by atoms with Gasteiger partial charge in [-0.15, -0.1) is 0 Å². The SMILES string of the molecule is CC(Oc1ccccc1)C(=O)N1CCC(O)CC1. The van der Waals surface area contributed by atoms with Crippen molar-refractivity contribution in [1.82, 2.24) is 4.90 Å². The predicted octanol–water partition coefficient (Wildman–Crippen LogP) is 1.44. The zero-order chi connectivity index (χ0) is 13.0. The van der Waals surface area contributed by atoms with Crippen LogP contribution in [0.2, 0.25) is 0 Å². The van der Waals surface area contributed by atoms with Crippen molar-refractivity contribution in [3.63, 3.8) is 0 Å². The minimum atomic E-state index is -0.484. The molecule has 1 amide bonds. The number of aliphatic hydroxyl groups is 1. The van der Waals surface area contributed by atoms with E-state index < -0.39 is 6.10 Å². The molecule has 0 aromatic heterocycles. The summed E-state index contributed by atoms with van der Waals surface area (Å²) in [5.41, 5.74) is 0. The van der Waals surface area contributed by atoms with Crippen molar-refractivity contribution in [3.05, 3.63) is 30.3 Å². The van der Waals surface area contributed by atoms with E-state index in [1.54, 1.807) is 11.8 Å². The van der Waals surface area contributed by atoms with Gasteiger partial charge in [0, 0.05) is 13.1 Å². The number of piperidine rings is 1. The van der Waals surface area contributed by atoms with Crippen LogP contribution in [-0.4, -0.2) is 41.2 Å². The summed E-state index contributed by atoms with van der Waals surface area (Å²) in [4.78, 5) is 13.9. The minimum Gasteiger partial charge on any atom is -0.481 e. The van der Waals surface area contributed by atoms with Crippen LogP contribution in [0.3, 0.4) is 0 Å². The van der Waals surface area contributed by atoms with E-state index >= 15 is 0 Å². The number of aliphatic hydroxyl groups excluding tert-OH is 1. The molecule has 1 aromatic rings. The van der Waals surface area contributed by atoms with Gasteiger partial charge in [-0.25, -0.2) is 0 Å². The second kappa shape index (κ2) is 5.87. The first kappa shape index (κ1) is 12.9. The summed E-state index contributed by atoms with van der Waals surface area (Å²) in [6.45, 7) is 2.99. The Bertz CT molecular complexity index is 385. The Hall–Kier alpha value is -1.55. The fourth-order valence-corrected chi connectivity index (χ4v) is 2.10. The number of carbonyl (C=O) groups is 1. The third-order valence-corrected chi connectivity index (χ3v) is 3.18. The molecule has 1 aliphatic rings. The van der Waals surface area contributed by atoms with Crippen molar-refractivity contribution in [1.29, 1.82) is 0 Å². The Kier molecular flexibility index (Phi) is 4.20. The first-order chi connectivity index (χ1) is 8.66. The topological polar surface area (TPSA) is 49.8 Å². The molecule has 0 saturated carbocycles. The quantitative estimate of drug-likeness (QED) is 0.881.